The van der Waals surface area contributed by atoms with E-state index in [0.29, 0.717) is 19.4 Å². The Morgan fingerprint density at radius 2 is 2.13 bits per heavy atom. The molecule has 0 aromatic carbocycles. The maximum Gasteiger partial charge on any atom is 0.214 e. The lowest BCUT2D eigenvalue weighted by molar-refractivity contribution is -0.117. The van der Waals surface area contributed by atoms with Gasteiger partial charge >= 0.3 is 0 Å². The van der Waals surface area contributed by atoms with Crippen molar-refractivity contribution in [3.8, 4) is 0 Å². The second-order valence-electron chi connectivity index (χ2n) is 4.13. The molecule has 0 amide bonds. The second kappa shape index (κ2) is 5.07. The molecule has 0 radical (unpaired) electrons. The fraction of sp³-hybridized carbons (Fsp3) is 0.900. The summed E-state index contributed by atoms with van der Waals surface area (Å²) in [5.41, 5.74) is 0. The Bertz CT molecular complexity index is 324. The average Bonchev–Trinajstić information content (AvgIpc) is 2.51. The smallest absolute Gasteiger partial charge is 0.214 e. The molecule has 5 heteroatoms. The van der Waals surface area contributed by atoms with Crippen molar-refractivity contribution in [1.29, 1.82) is 0 Å². The van der Waals surface area contributed by atoms with Crippen LogP contribution in [0.1, 0.15) is 39.5 Å². The topological polar surface area (TPSA) is 54.5 Å². The maximum absolute atomic E-state index is 11.8. The van der Waals surface area contributed by atoms with Crippen molar-refractivity contribution in [3.05, 3.63) is 0 Å². The normalized spacial score (nSPS) is 23.2. The molecule has 1 heterocycles. The van der Waals surface area contributed by atoms with Gasteiger partial charge in [-0.25, -0.2) is 8.42 Å². The second-order valence-corrected chi connectivity index (χ2v) is 6.17. The van der Waals surface area contributed by atoms with Crippen molar-refractivity contribution in [1.82, 2.24) is 4.31 Å². The molecule has 1 fully saturated rings. The van der Waals surface area contributed by atoms with Crippen LogP contribution < -0.4 is 0 Å². The van der Waals surface area contributed by atoms with E-state index >= 15 is 0 Å². The predicted molar refractivity (Wildman–Crippen MR) is 59.1 cm³/mol. The lowest BCUT2D eigenvalue weighted by Crippen LogP contribution is -2.37. The van der Waals surface area contributed by atoms with Gasteiger partial charge in [0.2, 0.25) is 10.0 Å². The fourth-order valence-electron chi connectivity index (χ4n) is 2.09. The third-order valence-corrected chi connectivity index (χ3v) is 4.79. The van der Waals surface area contributed by atoms with Gasteiger partial charge in [0.1, 0.15) is 5.78 Å². The third-order valence-electron chi connectivity index (χ3n) is 2.67. The van der Waals surface area contributed by atoms with Crippen LogP contribution in [0.5, 0.6) is 0 Å². The number of hydrogen-bond donors (Lipinski definition) is 0. The van der Waals surface area contributed by atoms with E-state index in [2.05, 4.69) is 0 Å². The van der Waals surface area contributed by atoms with Crippen LogP contribution in [-0.2, 0) is 14.8 Å². The molecule has 0 aromatic heterocycles. The van der Waals surface area contributed by atoms with E-state index in [1.165, 1.54) is 11.2 Å². The summed E-state index contributed by atoms with van der Waals surface area (Å²) in [5, 5.41) is 0. The van der Waals surface area contributed by atoms with Crippen LogP contribution in [-0.4, -0.2) is 36.8 Å². The first-order valence-corrected chi connectivity index (χ1v) is 7.07. The number of hydrogen-bond acceptors (Lipinski definition) is 3. The van der Waals surface area contributed by atoms with Gasteiger partial charge in [-0.3, -0.25) is 4.79 Å². The highest BCUT2D eigenvalue weighted by Crippen LogP contribution is 2.24. The summed E-state index contributed by atoms with van der Waals surface area (Å²) in [7, 11) is -3.12. The lowest BCUT2D eigenvalue weighted by Gasteiger charge is -2.22. The Morgan fingerprint density at radius 1 is 1.47 bits per heavy atom. The Kier molecular flexibility index (Phi) is 4.28. The van der Waals surface area contributed by atoms with Gasteiger partial charge in [-0.1, -0.05) is 6.92 Å². The van der Waals surface area contributed by atoms with Crippen LogP contribution in [0.25, 0.3) is 0 Å². The first-order valence-electron chi connectivity index (χ1n) is 5.46. The molecule has 88 valence electrons. The zero-order chi connectivity index (χ0) is 11.5. The molecule has 15 heavy (non-hydrogen) atoms. The molecule has 1 saturated heterocycles. The highest BCUT2D eigenvalue weighted by Gasteiger charge is 2.33. The molecule has 0 N–H and O–H groups in total. The molecular weight excluding hydrogens is 214 g/mol. The molecule has 1 aliphatic rings. The average molecular weight is 233 g/mol. The van der Waals surface area contributed by atoms with E-state index in [4.69, 9.17) is 0 Å². The van der Waals surface area contributed by atoms with Crippen molar-refractivity contribution in [2.45, 2.75) is 45.6 Å². The quantitative estimate of drug-likeness (QED) is 0.716. The van der Waals surface area contributed by atoms with E-state index in [1.807, 2.05) is 6.92 Å². The van der Waals surface area contributed by atoms with E-state index < -0.39 is 10.0 Å². The molecule has 4 nitrogen and oxygen atoms in total. The first kappa shape index (κ1) is 12.6. The number of sulfonamides is 1. The number of Topliss-reactive ketones (excluding diaryl/α,β-unsaturated/α-hetero) is 1. The van der Waals surface area contributed by atoms with Gasteiger partial charge in [-0.2, -0.15) is 4.31 Å². The van der Waals surface area contributed by atoms with Crippen LogP contribution in [0, 0.1) is 0 Å². The van der Waals surface area contributed by atoms with Gasteiger partial charge < -0.3 is 0 Å². The van der Waals surface area contributed by atoms with E-state index in [0.717, 1.165) is 12.8 Å². The molecule has 0 bridgehead atoms. The summed E-state index contributed by atoms with van der Waals surface area (Å²) in [6.45, 7) is 3.96. The zero-order valence-electron chi connectivity index (χ0n) is 9.40. The van der Waals surface area contributed by atoms with Gasteiger partial charge in [0, 0.05) is 19.0 Å². The predicted octanol–water partition coefficient (Wildman–Crippen LogP) is 1.17. The highest BCUT2D eigenvalue weighted by atomic mass is 32.2. The van der Waals surface area contributed by atoms with Crippen LogP contribution in [0.2, 0.25) is 0 Å². The Morgan fingerprint density at radius 3 is 2.67 bits per heavy atom. The summed E-state index contributed by atoms with van der Waals surface area (Å²) >= 11 is 0. The summed E-state index contributed by atoms with van der Waals surface area (Å²) in [6, 6.07) is -0.0842. The summed E-state index contributed by atoms with van der Waals surface area (Å²) in [6.07, 6.45) is 2.69. The number of carbonyl (C=O) groups is 1. The number of ketones is 1. The fourth-order valence-corrected chi connectivity index (χ4v) is 3.88. The lowest BCUT2D eigenvalue weighted by atomic mass is 10.1. The van der Waals surface area contributed by atoms with E-state index in [9.17, 15) is 13.2 Å². The molecular formula is C10H19NO3S. The van der Waals surface area contributed by atoms with E-state index in [-0.39, 0.29) is 17.6 Å². The Hall–Kier alpha value is -0.420. The molecule has 1 atom stereocenters. The molecule has 0 saturated carbocycles. The van der Waals surface area contributed by atoms with Gasteiger partial charge in [0.15, 0.2) is 0 Å². The number of nitrogens with zero attached hydrogens (tertiary/aromatic N) is 1. The molecule has 0 aromatic rings. The van der Waals surface area contributed by atoms with Crippen LogP contribution >= 0.6 is 0 Å². The van der Waals surface area contributed by atoms with Crippen molar-refractivity contribution in [2.24, 2.45) is 0 Å². The molecule has 0 aliphatic carbocycles. The number of rotatable bonds is 5. The zero-order valence-corrected chi connectivity index (χ0v) is 10.2. The molecule has 0 spiro atoms. The largest absolute Gasteiger partial charge is 0.300 e. The van der Waals surface area contributed by atoms with Gasteiger partial charge in [0.25, 0.3) is 0 Å². The van der Waals surface area contributed by atoms with Crippen molar-refractivity contribution in [2.75, 3.05) is 12.3 Å². The Labute approximate surface area is 91.7 Å². The minimum absolute atomic E-state index is 0.0681. The first-order chi connectivity index (χ1) is 6.97. The summed E-state index contributed by atoms with van der Waals surface area (Å²) in [5.74, 6) is 0.264. The van der Waals surface area contributed by atoms with Crippen LogP contribution in [0.15, 0.2) is 0 Å². The van der Waals surface area contributed by atoms with Gasteiger partial charge in [-0.05, 0) is 26.2 Å². The maximum atomic E-state index is 11.8. The minimum Gasteiger partial charge on any atom is -0.300 e. The highest BCUT2D eigenvalue weighted by molar-refractivity contribution is 7.89. The van der Waals surface area contributed by atoms with Gasteiger partial charge in [0.05, 0.1) is 5.75 Å². The Balaban J connectivity index is 2.71. The van der Waals surface area contributed by atoms with E-state index in [1.54, 1.807) is 0 Å². The van der Waals surface area contributed by atoms with Gasteiger partial charge in [-0.15, -0.1) is 0 Å². The molecule has 1 aliphatic heterocycles. The van der Waals surface area contributed by atoms with Crippen molar-refractivity contribution in [3.63, 3.8) is 0 Å². The SMILES string of the molecule is CCCS(=O)(=O)N1CCCC1CC(C)=O. The minimum atomic E-state index is -3.12. The van der Waals surface area contributed by atoms with Crippen LogP contribution in [0.4, 0.5) is 0 Å². The van der Waals surface area contributed by atoms with Crippen molar-refractivity contribution < 1.29 is 13.2 Å². The van der Waals surface area contributed by atoms with Crippen molar-refractivity contribution >= 4 is 15.8 Å². The third kappa shape index (κ3) is 3.28. The summed E-state index contributed by atoms with van der Waals surface area (Å²) in [4.78, 5) is 11.0. The molecule has 1 unspecified atom stereocenters. The monoisotopic (exact) mass is 233 g/mol. The standard InChI is InChI=1S/C10H19NO3S/c1-3-7-15(13,14)11-6-4-5-10(11)8-9(2)12/h10H,3-8H2,1-2H3. The summed E-state index contributed by atoms with van der Waals surface area (Å²) < 4.78 is 25.2. The number of carbonyl (C=O) groups excluding carboxylic acids is 1. The van der Waals surface area contributed by atoms with Crippen LogP contribution in [0.3, 0.4) is 0 Å². The molecule has 1 rings (SSSR count).